The molecule has 2 heterocycles. The van der Waals surface area contributed by atoms with Crippen LogP contribution in [0, 0.1) is 0 Å². The summed E-state index contributed by atoms with van der Waals surface area (Å²) in [4.78, 5) is 13.7. The van der Waals surface area contributed by atoms with E-state index < -0.39 is 0 Å². The minimum absolute atomic E-state index is 0.0405. The average Bonchev–Trinajstić information content (AvgIpc) is 3.48. The lowest BCUT2D eigenvalue weighted by Crippen LogP contribution is -2.27. The molecular weight excluding hydrogens is 464 g/mol. The minimum atomic E-state index is -0.0699. The van der Waals surface area contributed by atoms with Crippen LogP contribution in [0.15, 0.2) is 71.2 Å². The summed E-state index contributed by atoms with van der Waals surface area (Å²) < 4.78 is 7.18. The zero-order chi connectivity index (χ0) is 22.5. The molecule has 1 amide bonds. The van der Waals surface area contributed by atoms with E-state index in [4.69, 9.17) is 16.3 Å². The zero-order valence-corrected chi connectivity index (χ0v) is 19.9. The number of hydrogen-bond acceptors (Lipinski definition) is 6. The van der Waals surface area contributed by atoms with Gasteiger partial charge in [-0.25, -0.2) is 0 Å². The predicted octanol–water partition coefficient (Wildman–Crippen LogP) is 5.63. The van der Waals surface area contributed by atoms with Crippen LogP contribution in [0.1, 0.15) is 17.8 Å². The molecule has 4 rings (SSSR count). The molecule has 0 saturated heterocycles. The average molecular weight is 485 g/mol. The molecule has 0 fully saturated rings. The van der Waals surface area contributed by atoms with Gasteiger partial charge in [0.15, 0.2) is 11.0 Å². The topological polar surface area (TPSA) is 69.0 Å². The van der Waals surface area contributed by atoms with Crippen molar-refractivity contribution in [3.63, 3.8) is 0 Å². The standard InChI is InChI=1S/C23H21ClN4O2S2/c1-15(20-8-5-13-31-20)25-21(29)14-32-23-27-26-22(18-6-3-4-7-19(18)24)28(23)16-9-11-17(30-2)12-10-16/h3-13,15H,14H2,1-2H3,(H,25,29). The first-order valence-corrected chi connectivity index (χ1v) is 12.1. The second-order valence-corrected chi connectivity index (χ2v) is 9.24. The fourth-order valence-electron chi connectivity index (χ4n) is 3.17. The number of benzene rings is 2. The maximum Gasteiger partial charge on any atom is 0.230 e. The summed E-state index contributed by atoms with van der Waals surface area (Å²) in [5.74, 6) is 1.50. The molecule has 0 saturated carbocycles. The molecule has 1 N–H and O–H groups in total. The lowest BCUT2D eigenvalue weighted by Gasteiger charge is -2.13. The van der Waals surface area contributed by atoms with Crippen molar-refractivity contribution in [1.29, 1.82) is 0 Å². The Balaban J connectivity index is 1.60. The maximum absolute atomic E-state index is 12.6. The first-order chi connectivity index (χ1) is 15.6. The minimum Gasteiger partial charge on any atom is -0.497 e. The van der Waals surface area contributed by atoms with Gasteiger partial charge in [0, 0.05) is 16.1 Å². The van der Waals surface area contributed by atoms with Gasteiger partial charge in [0.2, 0.25) is 5.91 Å². The number of nitrogens with zero attached hydrogens (tertiary/aromatic N) is 3. The van der Waals surface area contributed by atoms with Crippen molar-refractivity contribution in [3.8, 4) is 22.8 Å². The quantitative estimate of drug-likeness (QED) is 0.328. The van der Waals surface area contributed by atoms with E-state index in [-0.39, 0.29) is 17.7 Å². The number of hydrogen-bond donors (Lipinski definition) is 1. The van der Waals surface area contributed by atoms with Crippen LogP contribution in [0.25, 0.3) is 17.1 Å². The molecule has 0 bridgehead atoms. The second-order valence-electron chi connectivity index (χ2n) is 6.91. The van der Waals surface area contributed by atoms with Crippen molar-refractivity contribution >= 4 is 40.6 Å². The van der Waals surface area contributed by atoms with E-state index in [0.717, 1.165) is 21.9 Å². The number of halogens is 1. The molecule has 0 radical (unpaired) electrons. The highest BCUT2D eigenvalue weighted by atomic mass is 35.5. The van der Waals surface area contributed by atoms with E-state index in [1.807, 2.05) is 77.5 Å². The molecule has 6 nitrogen and oxygen atoms in total. The van der Waals surface area contributed by atoms with Gasteiger partial charge < -0.3 is 10.1 Å². The Bertz CT molecular complexity index is 1190. The molecule has 0 spiro atoms. The molecule has 1 atom stereocenters. The molecule has 2 aromatic heterocycles. The van der Waals surface area contributed by atoms with E-state index in [1.54, 1.807) is 18.4 Å². The van der Waals surface area contributed by atoms with E-state index in [1.165, 1.54) is 11.8 Å². The van der Waals surface area contributed by atoms with Crippen molar-refractivity contribution in [1.82, 2.24) is 20.1 Å². The molecule has 0 aliphatic carbocycles. The lowest BCUT2D eigenvalue weighted by atomic mass is 10.2. The highest BCUT2D eigenvalue weighted by molar-refractivity contribution is 7.99. The number of thioether (sulfide) groups is 1. The fourth-order valence-corrected chi connectivity index (χ4v) is 4.88. The van der Waals surface area contributed by atoms with E-state index in [0.29, 0.717) is 16.0 Å². The third-order valence-corrected chi connectivity index (χ3v) is 7.07. The van der Waals surface area contributed by atoms with Gasteiger partial charge in [-0.3, -0.25) is 9.36 Å². The number of amides is 1. The van der Waals surface area contributed by atoms with Gasteiger partial charge in [0.05, 0.1) is 23.9 Å². The van der Waals surface area contributed by atoms with Crippen LogP contribution in [0.4, 0.5) is 0 Å². The number of thiophene rings is 1. The molecule has 164 valence electrons. The summed E-state index contributed by atoms with van der Waals surface area (Å²) in [6.45, 7) is 1.98. The Morgan fingerprint density at radius 2 is 1.94 bits per heavy atom. The number of rotatable bonds is 8. The zero-order valence-electron chi connectivity index (χ0n) is 17.5. The van der Waals surface area contributed by atoms with Crippen molar-refractivity contribution in [2.45, 2.75) is 18.1 Å². The molecule has 9 heteroatoms. The monoisotopic (exact) mass is 484 g/mol. The number of nitrogens with one attached hydrogen (secondary N) is 1. The predicted molar refractivity (Wildman–Crippen MR) is 130 cm³/mol. The number of ether oxygens (including phenoxy) is 1. The van der Waals surface area contributed by atoms with Gasteiger partial charge in [-0.1, -0.05) is 41.6 Å². The largest absolute Gasteiger partial charge is 0.497 e. The van der Waals surface area contributed by atoms with Gasteiger partial charge in [0.25, 0.3) is 0 Å². The van der Waals surface area contributed by atoms with Crippen LogP contribution in [-0.2, 0) is 4.79 Å². The number of methoxy groups -OCH3 is 1. The van der Waals surface area contributed by atoms with Gasteiger partial charge in [-0.05, 0) is 54.8 Å². The SMILES string of the molecule is COc1ccc(-n2c(SCC(=O)NC(C)c3cccs3)nnc2-c2ccccc2Cl)cc1. The number of aromatic nitrogens is 3. The third kappa shape index (κ3) is 4.98. The van der Waals surface area contributed by atoms with Crippen molar-refractivity contribution < 1.29 is 9.53 Å². The molecule has 0 aliphatic rings. The summed E-state index contributed by atoms with van der Waals surface area (Å²) in [6, 6.07) is 19.0. The number of carbonyl (C=O) groups excluding carboxylic acids is 1. The number of carbonyl (C=O) groups is 1. The summed E-state index contributed by atoms with van der Waals surface area (Å²) in [6.07, 6.45) is 0. The van der Waals surface area contributed by atoms with E-state index >= 15 is 0 Å². The van der Waals surface area contributed by atoms with Gasteiger partial charge in [-0.2, -0.15) is 0 Å². The van der Waals surface area contributed by atoms with E-state index in [2.05, 4.69) is 15.5 Å². The normalized spacial score (nSPS) is 11.8. The first kappa shape index (κ1) is 22.4. The van der Waals surface area contributed by atoms with Crippen molar-refractivity contribution in [2.75, 3.05) is 12.9 Å². The molecule has 32 heavy (non-hydrogen) atoms. The second kappa shape index (κ2) is 10.2. The molecule has 4 aromatic rings. The van der Waals surface area contributed by atoms with Crippen LogP contribution in [0.3, 0.4) is 0 Å². The Hall–Kier alpha value is -2.81. The lowest BCUT2D eigenvalue weighted by molar-refractivity contribution is -0.119. The van der Waals surface area contributed by atoms with Crippen LogP contribution in [0.5, 0.6) is 5.75 Å². The summed E-state index contributed by atoms with van der Waals surface area (Å²) >= 11 is 9.39. The molecule has 1 unspecified atom stereocenters. The summed E-state index contributed by atoms with van der Waals surface area (Å²) in [5.41, 5.74) is 1.61. The first-order valence-electron chi connectivity index (χ1n) is 9.87. The maximum atomic E-state index is 12.6. The molecular formula is C23H21ClN4O2S2. The van der Waals surface area contributed by atoms with Gasteiger partial charge in [-0.15, -0.1) is 21.5 Å². The Kier molecular flexibility index (Phi) is 7.14. The van der Waals surface area contributed by atoms with Gasteiger partial charge in [0.1, 0.15) is 5.75 Å². The Labute approximate surface area is 199 Å². The fraction of sp³-hybridized carbons (Fsp3) is 0.174. The summed E-state index contributed by atoms with van der Waals surface area (Å²) in [5, 5.41) is 15.0. The van der Waals surface area contributed by atoms with Crippen molar-refractivity contribution in [3.05, 3.63) is 75.9 Å². The molecule has 0 aliphatic heterocycles. The van der Waals surface area contributed by atoms with Crippen LogP contribution < -0.4 is 10.1 Å². The summed E-state index contributed by atoms with van der Waals surface area (Å²) in [7, 11) is 1.63. The van der Waals surface area contributed by atoms with E-state index in [9.17, 15) is 4.79 Å². The van der Waals surface area contributed by atoms with Crippen molar-refractivity contribution in [2.24, 2.45) is 0 Å². The highest BCUT2D eigenvalue weighted by Gasteiger charge is 2.19. The smallest absolute Gasteiger partial charge is 0.230 e. The van der Waals surface area contributed by atoms with Crippen LogP contribution >= 0.6 is 34.7 Å². The molecule has 2 aromatic carbocycles. The van der Waals surface area contributed by atoms with Gasteiger partial charge >= 0.3 is 0 Å². The Morgan fingerprint density at radius 3 is 2.62 bits per heavy atom. The van der Waals surface area contributed by atoms with Crippen LogP contribution in [0.2, 0.25) is 5.02 Å². The highest BCUT2D eigenvalue weighted by Crippen LogP contribution is 2.32. The third-order valence-electron chi connectivity index (χ3n) is 4.76. The van der Waals surface area contributed by atoms with Crippen LogP contribution in [-0.4, -0.2) is 33.5 Å². The Morgan fingerprint density at radius 1 is 1.16 bits per heavy atom.